The summed E-state index contributed by atoms with van der Waals surface area (Å²) in [6.45, 7) is 6.67. The van der Waals surface area contributed by atoms with Crippen molar-refractivity contribution >= 4 is 49.0 Å². The van der Waals surface area contributed by atoms with Crippen LogP contribution in [0.5, 0.6) is 0 Å². The topological polar surface area (TPSA) is 17.3 Å². The fraction of sp³-hybridized carbons (Fsp3) is 0.125. The van der Waals surface area contributed by atoms with Crippen molar-refractivity contribution in [2.75, 3.05) is 0 Å². The van der Waals surface area contributed by atoms with E-state index in [1.807, 2.05) is 6.20 Å². The second-order valence-corrected chi connectivity index (χ2v) is 7.41. The molecule has 0 saturated heterocycles. The van der Waals surface area contributed by atoms with Crippen molar-refractivity contribution in [3.8, 4) is 0 Å². The van der Waals surface area contributed by atoms with E-state index in [4.69, 9.17) is 4.98 Å². The van der Waals surface area contributed by atoms with Gasteiger partial charge in [-0.05, 0) is 61.0 Å². The van der Waals surface area contributed by atoms with Crippen LogP contribution in [-0.2, 0) is 0 Å². The van der Waals surface area contributed by atoms with Crippen LogP contribution in [0.25, 0.3) is 49.0 Å². The average Bonchev–Trinajstić information content (AvgIpc) is 3.00. The van der Waals surface area contributed by atoms with Gasteiger partial charge < -0.3 is 4.40 Å². The quantitative estimate of drug-likeness (QED) is 0.235. The van der Waals surface area contributed by atoms with Crippen LogP contribution in [0.2, 0.25) is 0 Å². The molecule has 6 rings (SSSR count). The Labute approximate surface area is 151 Å². The number of rotatable bonds is 0. The molecule has 0 aliphatic heterocycles. The van der Waals surface area contributed by atoms with Crippen molar-refractivity contribution in [1.29, 1.82) is 0 Å². The van der Waals surface area contributed by atoms with Crippen molar-refractivity contribution < 1.29 is 0 Å². The third-order valence-electron chi connectivity index (χ3n) is 6.17. The number of aryl methyl sites for hydroxylation is 2. The zero-order valence-corrected chi connectivity index (χ0v) is 15.1. The molecule has 0 aliphatic rings. The van der Waals surface area contributed by atoms with Crippen LogP contribution in [0.3, 0.4) is 0 Å². The Morgan fingerprint density at radius 1 is 0.769 bits per heavy atom. The summed E-state index contributed by atoms with van der Waals surface area (Å²) in [5.74, 6) is 0. The number of hydrogen-bond donors (Lipinski definition) is 0. The molecule has 26 heavy (non-hydrogen) atoms. The lowest BCUT2D eigenvalue weighted by Crippen LogP contribution is -1.99. The Hall–Kier alpha value is -3.13. The Balaban J connectivity index is 2.15. The smallest absolute Gasteiger partial charge is 0.0822 e. The zero-order chi connectivity index (χ0) is 17.6. The molecule has 2 heteroatoms. The molecule has 0 amide bonds. The second kappa shape index (κ2) is 4.53. The summed E-state index contributed by atoms with van der Waals surface area (Å²) < 4.78 is 2.47. The molecule has 2 nitrogen and oxygen atoms in total. The van der Waals surface area contributed by atoms with Gasteiger partial charge in [0.05, 0.1) is 22.1 Å². The summed E-state index contributed by atoms with van der Waals surface area (Å²) >= 11 is 0. The summed E-state index contributed by atoms with van der Waals surface area (Å²) in [6, 6.07) is 17.7. The van der Waals surface area contributed by atoms with E-state index in [1.165, 1.54) is 60.2 Å². The SMILES string of the molecule is Cc1cc2c3nccc4ccc5c6ccccc6n(c2c(C)c1C)c5c43. The van der Waals surface area contributed by atoms with Crippen LogP contribution in [0.1, 0.15) is 16.7 Å². The molecule has 0 unspecified atom stereocenters. The standard InChI is InChI=1S/C24H18N2/c1-13-12-19-22-21-16(10-11-25-22)8-9-18-17-6-4-5-7-20(17)26(24(18)21)23(19)15(3)14(13)2/h4-12H,1-3H3. The predicted molar refractivity (Wildman–Crippen MR) is 111 cm³/mol. The number of para-hydroxylation sites is 1. The molecule has 124 valence electrons. The molecule has 0 bridgehead atoms. The van der Waals surface area contributed by atoms with Gasteiger partial charge in [0.25, 0.3) is 0 Å². The van der Waals surface area contributed by atoms with Crippen LogP contribution in [0.15, 0.2) is 54.7 Å². The highest BCUT2D eigenvalue weighted by Crippen LogP contribution is 2.41. The number of benzene rings is 3. The fourth-order valence-electron chi connectivity index (χ4n) is 4.69. The van der Waals surface area contributed by atoms with Crippen LogP contribution < -0.4 is 0 Å². The maximum Gasteiger partial charge on any atom is 0.0822 e. The molecule has 0 aliphatic carbocycles. The van der Waals surface area contributed by atoms with E-state index in [1.54, 1.807) is 0 Å². The normalized spacial score (nSPS) is 12.4. The second-order valence-electron chi connectivity index (χ2n) is 7.41. The number of nitrogens with zero attached hydrogens (tertiary/aromatic N) is 2. The van der Waals surface area contributed by atoms with Crippen LogP contribution in [0, 0.1) is 20.8 Å². The molecule has 0 saturated carbocycles. The summed E-state index contributed by atoms with van der Waals surface area (Å²) in [5, 5.41) is 6.40. The molecular formula is C24H18N2. The van der Waals surface area contributed by atoms with E-state index < -0.39 is 0 Å². The highest BCUT2D eigenvalue weighted by Gasteiger charge is 2.20. The van der Waals surface area contributed by atoms with Gasteiger partial charge >= 0.3 is 0 Å². The van der Waals surface area contributed by atoms with Gasteiger partial charge in [-0.25, -0.2) is 0 Å². The molecule has 3 heterocycles. The van der Waals surface area contributed by atoms with Crippen LogP contribution in [0.4, 0.5) is 0 Å². The fourth-order valence-corrected chi connectivity index (χ4v) is 4.69. The van der Waals surface area contributed by atoms with Gasteiger partial charge in [0.1, 0.15) is 0 Å². The monoisotopic (exact) mass is 334 g/mol. The molecule has 6 aromatic rings. The summed E-state index contributed by atoms with van der Waals surface area (Å²) in [6.07, 6.45) is 1.94. The molecule has 3 aromatic carbocycles. The third-order valence-corrected chi connectivity index (χ3v) is 6.17. The van der Waals surface area contributed by atoms with Crippen molar-refractivity contribution in [3.05, 3.63) is 71.4 Å². The summed E-state index contributed by atoms with van der Waals surface area (Å²) in [4.78, 5) is 4.83. The van der Waals surface area contributed by atoms with Gasteiger partial charge in [-0.1, -0.05) is 30.3 Å². The summed E-state index contributed by atoms with van der Waals surface area (Å²) in [7, 11) is 0. The van der Waals surface area contributed by atoms with Crippen LogP contribution >= 0.6 is 0 Å². The first-order chi connectivity index (χ1) is 12.7. The Morgan fingerprint density at radius 2 is 1.62 bits per heavy atom. The molecule has 3 aromatic heterocycles. The lowest BCUT2D eigenvalue weighted by molar-refractivity contribution is 1.24. The first-order valence-electron chi connectivity index (χ1n) is 9.09. The molecule has 0 atom stereocenters. The van der Waals surface area contributed by atoms with Gasteiger partial charge in [-0.15, -0.1) is 0 Å². The van der Waals surface area contributed by atoms with Gasteiger partial charge in [0, 0.05) is 27.7 Å². The lowest BCUT2D eigenvalue weighted by Gasteiger charge is -2.16. The molecule has 0 radical (unpaired) electrons. The van der Waals surface area contributed by atoms with Gasteiger partial charge in [-0.2, -0.15) is 0 Å². The molecule has 0 spiro atoms. The van der Waals surface area contributed by atoms with Crippen molar-refractivity contribution in [2.24, 2.45) is 0 Å². The lowest BCUT2D eigenvalue weighted by atomic mass is 9.96. The maximum atomic E-state index is 4.83. The zero-order valence-electron chi connectivity index (χ0n) is 15.1. The number of fused-ring (bicyclic) bond motifs is 6. The van der Waals surface area contributed by atoms with E-state index in [2.05, 4.69) is 73.7 Å². The average molecular weight is 334 g/mol. The minimum absolute atomic E-state index is 1.12. The molecular weight excluding hydrogens is 316 g/mol. The highest BCUT2D eigenvalue weighted by molar-refractivity contribution is 6.27. The minimum Gasteiger partial charge on any atom is -0.308 e. The first-order valence-corrected chi connectivity index (χ1v) is 9.09. The van der Waals surface area contributed by atoms with Crippen molar-refractivity contribution in [2.45, 2.75) is 20.8 Å². The molecule has 0 N–H and O–H groups in total. The number of pyridine rings is 2. The maximum absolute atomic E-state index is 4.83. The van der Waals surface area contributed by atoms with Gasteiger partial charge in [0.2, 0.25) is 0 Å². The van der Waals surface area contributed by atoms with E-state index in [-0.39, 0.29) is 0 Å². The van der Waals surface area contributed by atoms with Crippen molar-refractivity contribution in [1.82, 2.24) is 9.38 Å². The summed E-state index contributed by atoms with van der Waals surface area (Å²) in [5.41, 5.74) is 9.01. The Morgan fingerprint density at radius 3 is 2.50 bits per heavy atom. The van der Waals surface area contributed by atoms with E-state index in [0.717, 1.165) is 5.52 Å². The minimum atomic E-state index is 1.12. The van der Waals surface area contributed by atoms with Gasteiger partial charge in [0.15, 0.2) is 0 Å². The predicted octanol–water partition coefficient (Wildman–Crippen LogP) is 6.31. The Kier molecular flexibility index (Phi) is 2.45. The third kappa shape index (κ3) is 1.47. The largest absolute Gasteiger partial charge is 0.308 e. The van der Waals surface area contributed by atoms with Crippen molar-refractivity contribution in [3.63, 3.8) is 0 Å². The Bertz CT molecular complexity index is 1500. The van der Waals surface area contributed by atoms with E-state index >= 15 is 0 Å². The highest BCUT2D eigenvalue weighted by atomic mass is 14.9. The van der Waals surface area contributed by atoms with E-state index in [9.17, 15) is 0 Å². The molecule has 0 fully saturated rings. The van der Waals surface area contributed by atoms with Crippen LogP contribution in [-0.4, -0.2) is 9.38 Å². The number of hydrogen-bond acceptors (Lipinski definition) is 1. The number of aromatic nitrogens is 2. The first kappa shape index (κ1) is 14.1. The van der Waals surface area contributed by atoms with Gasteiger partial charge in [-0.3, -0.25) is 4.98 Å². The van der Waals surface area contributed by atoms with E-state index in [0.29, 0.717) is 0 Å².